The van der Waals surface area contributed by atoms with Crippen molar-refractivity contribution in [3.05, 3.63) is 47.3 Å². The van der Waals surface area contributed by atoms with Crippen molar-refractivity contribution in [2.45, 2.75) is 13.0 Å². The fourth-order valence-electron chi connectivity index (χ4n) is 1.96. The van der Waals surface area contributed by atoms with E-state index in [1.165, 1.54) is 4.90 Å². The molecule has 1 fully saturated rings. The molecule has 0 atom stereocenters. The van der Waals surface area contributed by atoms with Gasteiger partial charge in [0.1, 0.15) is 6.61 Å². The molecule has 1 amide bonds. The fraction of sp³-hybridized carbons (Fsp3) is 0.286. The van der Waals surface area contributed by atoms with Gasteiger partial charge in [-0.25, -0.2) is 9.59 Å². The molecular weight excluding hydrogens is 265 g/mol. The Labute approximate surface area is 115 Å². The zero-order valence-corrected chi connectivity index (χ0v) is 10.7. The highest BCUT2D eigenvalue weighted by Gasteiger charge is 2.27. The predicted octanol–water partition coefficient (Wildman–Crippen LogP) is 2.34. The SMILES string of the molecule is O=C(O)/C(F)=C1\CCN(C(=O)OCc2ccccc2)C1. The van der Waals surface area contributed by atoms with Gasteiger partial charge in [0.15, 0.2) is 0 Å². The van der Waals surface area contributed by atoms with Crippen LogP contribution in [-0.2, 0) is 16.1 Å². The van der Waals surface area contributed by atoms with E-state index in [2.05, 4.69) is 0 Å². The summed E-state index contributed by atoms with van der Waals surface area (Å²) >= 11 is 0. The topological polar surface area (TPSA) is 66.8 Å². The average Bonchev–Trinajstić information content (AvgIpc) is 2.94. The van der Waals surface area contributed by atoms with Gasteiger partial charge in [0.05, 0.1) is 0 Å². The van der Waals surface area contributed by atoms with Gasteiger partial charge in [-0.15, -0.1) is 0 Å². The van der Waals surface area contributed by atoms with E-state index in [0.29, 0.717) is 0 Å². The molecular formula is C14H14FNO4. The average molecular weight is 279 g/mol. The third kappa shape index (κ3) is 3.34. The first-order valence-corrected chi connectivity index (χ1v) is 6.14. The number of carboxylic acids is 1. The second-order valence-electron chi connectivity index (χ2n) is 4.43. The van der Waals surface area contributed by atoms with Crippen LogP contribution >= 0.6 is 0 Å². The highest BCUT2D eigenvalue weighted by atomic mass is 19.1. The van der Waals surface area contributed by atoms with Crippen molar-refractivity contribution in [1.29, 1.82) is 0 Å². The number of amides is 1. The summed E-state index contributed by atoms with van der Waals surface area (Å²) in [6.45, 7) is 0.367. The second-order valence-corrected chi connectivity index (χ2v) is 4.43. The molecule has 0 spiro atoms. The maximum Gasteiger partial charge on any atom is 0.410 e. The van der Waals surface area contributed by atoms with E-state index in [-0.39, 0.29) is 31.7 Å². The number of likely N-dealkylation sites (tertiary alicyclic amines) is 1. The lowest BCUT2D eigenvalue weighted by atomic mass is 10.2. The Hall–Kier alpha value is -2.37. The summed E-state index contributed by atoms with van der Waals surface area (Å²) in [5.74, 6) is -2.78. The Bertz CT molecular complexity index is 541. The monoisotopic (exact) mass is 279 g/mol. The molecule has 5 nitrogen and oxygen atoms in total. The zero-order valence-electron chi connectivity index (χ0n) is 10.7. The van der Waals surface area contributed by atoms with E-state index in [1.807, 2.05) is 30.3 Å². The van der Waals surface area contributed by atoms with Crippen molar-refractivity contribution < 1.29 is 23.8 Å². The van der Waals surface area contributed by atoms with Gasteiger partial charge in [-0.05, 0) is 17.6 Å². The number of carbonyl (C=O) groups is 2. The van der Waals surface area contributed by atoms with Crippen LogP contribution in [0.5, 0.6) is 0 Å². The molecule has 0 radical (unpaired) electrons. The lowest BCUT2D eigenvalue weighted by Gasteiger charge is -2.14. The predicted molar refractivity (Wildman–Crippen MR) is 68.6 cm³/mol. The molecule has 1 N–H and O–H groups in total. The quantitative estimate of drug-likeness (QED) is 0.862. The van der Waals surface area contributed by atoms with E-state index in [4.69, 9.17) is 9.84 Å². The summed E-state index contributed by atoms with van der Waals surface area (Å²) in [4.78, 5) is 23.6. The normalized spacial score (nSPS) is 16.9. The molecule has 1 saturated heterocycles. The lowest BCUT2D eigenvalue weighted by Crippen LogP contribution is -2.28. The molecule has 1 aromatic rings. The largest absolute Gasteiger partial charge is 0.476 e. The molecule has 1 aliphatic rings. The first kappa shape index (κ1) is 14.0. The van der Waals surface area contributed by atoms with Crippen LogP contribution < -0.4 is 0 Å². The number of aliphatic carboxylic acids is 1. The molecule has 0 unspecified atom stereocenters. The summed E-state index contributed by atoms with van der Waals surface area (Å²) in [6.07, 6.45) is -0.347. The maximum atomic E-state index is 13.2. The number of rotatable bonds is 3. The van der Waals surface area contributed by atoms with Crippen LogP contribution in [0, 0.1) is 0 Å². The van der Waals surface area contributed by atoms with Crippen LogP contribution in [0.15, 0.2) is 41.7 Å². The zero-order chi connectivity index (χ0) is 14.5. The number of nitrogens with zero attached hydrogens (tertiary/aromatic N) is 1. The molecule has 0 aromatic heterocycles. The van der Waals surface area contributed by atoms with Crippen LogP contribution in [-0.4, -0.2) is 35.2 Å². The fourth-order valence-corrected chi connectivity index (χ4v) is 1.96. The van der Waals surface area contributed by atoms with E-state index in [0.717, 1.165) is 5.56 Å². The van der Waals surface area contributed by atoms with E-state index in [1.54, 1.807) is 0 Å². The third-order valence-electron chi connectivity index (χ3n) is 3.03. The van der Waals surface area contributed by atoms with Crippen LogP contribution in [0.2, 0.25) is 0 Å². The molecule has 0 saturated carbocycles. The number of hydrogen-bond acceptors (Lipinski definition) is 3. The van der Waals surface area contributed by atoms with Crippen LogP contribution in [0.3, 0.4) is 0 Å². The van der Waals surface area contributed by atoms with Crippen molar-refractivity contribution in [1.82, 2.24) is 4.90 Å². The molecule has 1 aromatic carbocycles. The summed E-state index contributed by atoms with van der Waals surface area (Å²) in [5, 5.41) is 8.55. The first-order valence-electron chi connectivity index (χ1n) is 6.14. The van der Waals surface area contributed by atoms with Gasteiger partial charge in [-0.3, -0.25) is 0 Å². The Morgan fingerprint density at radius 2 is 2.00 bits per heavy atom. The van der Waals surface area contributed by atoms with E-state index >= 15 is 0 Å². The van der Waals surface area contributed by atoms with Gasteiger partial charge in [-0.1, -0.05) is 30.3 Å². The first-order chi connectivity index (χ1) is 9.58. The number of ether oxygens (including phenoxy) is 1. The summed E-state index contributed by atoms with van der Waals surface area (Å²) in [5.41, 5.74) is 0.974. The van der Waals surface area contributed by atoms with Crippen molar-refractivity contribution in [2.24, 2.45) is 0 Å². The number of halogens is 1. The Morgan fingerprint density at radius 1 is 1.30 bits per heavy atom. The number of benzene rings is 1. The van der Waals surface area contributed by atoms with Gasteiger partial charge < -0.3 is 14.7 Å². The molecule has 0 aliphatic carbocycles. The minimum absolute atomic E-state index is 0.0360. The van der Waals surface area contributed by atoms with Crippen molar-refractivity contribution in [3.63, 3.8) is 0 Å². The van der Waals surface area contributed by atoms with E-state index < -0.39 is 17.9 Å². The third-order valence-corrected chi connectivity index (χ3v) is 3.03. The highest BCUT2D eigenvalue weighted by molar-refractivity contribution is 5.85. The number of carboxylic acid groups (broad SMARTS) is 1. The minimum Gasteiger partial charge on any atom is -0.476 e. The Kier molecular flexibility index (Phi) is 4.34. The number of carbonyl (C=O) groups excluding carboxylic acids is 1. The second kappa shape index (κ2) is 6.18. The molecule has 1 heterocycles. The number of hydrogen-bond donors (Lipinski definition) is 1. The summed E-state index contributed by atoms with van der Waals surface area (Å²) in [6, 6.07) is 9.18. The lowest BCUT2D eigenvalue weighted by molar-refractivity contribution is -0.134. The van der Waals surface area contributed by atoms with Crippen LogP contribution in [0.1, 0.15) is 12.0 Å². The standard InChI is InChI=1S/C14H14FNO4/c15-12(13(17)18)11-6-7-16(8-11)14(19)20-9-10-4-2-1-3-5-10/h1-5H,6-9H2,(H,17,18)/b12-11-. The van der Waals surface area contributed by atoms with Crippen LogP contribution in [0.25, 0.3) is 0 Å². The Balaban J connectivity index is 1.89. The van der Waals surface area contributed by atoms with Gasteiger partial charge >= 0.3 is 12.1 Å². The van der Waals surface area contributed by atoms with E-state index in [9.17, 15) is 14.0 Å². The highest BCUT2D eigenvalue weighted by Crippen LogP contribution is 2.21. The maximum absolute atomic E-state index is 13.2. The molecule has 20 heavy (non-hydrogen) atoms. The molecule has 2 rings (SSSR count). The Morgan fingerprint density at radius 3 is 2.65 bits per heavy atom. The molecule has 1 aliphatic heterocycles. The molecule has 6 heteroatoms. The van der Waals surface area contributed by atoms with Crippen molar-refractivity contribution >= 4 is 12.1 Å². The van der Waals surface area contributed by atoms with Crippen molar-refractivity contribution in [2.75, 3.05) is 13.1 Å². The minimum atomic E-state index is -1.60. The summed E-state index contributed by atoms with van der Waals surface area (Å²) < 4.78 is 18.3. The molecule has 106 valence electrons. The van der Waals surface area contributed by atoms with Gasteiger partial charge in [0.2, 0.25) is 5.83 Å². The van der Waals surface area contributed by atoms with Crippen molar-refractivity contribution in [3.8, 4) is 0 Å². The molecule has 0 bridgehead atoms. The van der Waals surface area contributed by atoms with Gasteiger partial charge in [-0.2, -0.15) is 4.39 Å². The van der Waals surface area contributed by atoms with Gasteiger partial charge in [0.25, 0.3) is 0 Å². The van der Waals surface area contributed by atoms with Crippen LogP contribution in [0.4, 0.5) is 9.18 Å². The smallest absolute Gasteiger partial charge is 0.410 e. The van der Waals surface area contributed by atoms with Gasteiger partial charge in [0, 0.05) is 13.1 Å². The summed E-state index contributed by atoms with van der Waals surface area (Å²) in [7, 11) is 0.